The lowest BCUT2D eigenvalue weighted by molar-refractivity contribution is -0.150. The second-order valence-electron chi connectivity index (χ2n) is 8.81. The quantitative estimate of drug-likeness (QED) is 0.587. The number of hydrogen-bond acceptors (Lipinski definition) is 5. The van der Waals surface area contributed by atoms with E-state index in [4.69, 9.17) is 16.3 Å². The fraction of sp³-hybridized carbons (Fsp3) is 0.571. The van der Waals surface area contributed by atoms with Crippen molar-refractivity contribution in [3.05, 3.63) is 29.3 Å². The SMILES string of the molecule is O=C(CNC(=O)C12C[C@@H]3C[C@@H](CC(Cl)(C3)C1)C2)OCc1nc2ccccc2s1. The first-order valence-corrected chi connectivity index (χ1v) is 11.1. The third kappa shape index (κ3) is 3.30. The molecule has 4 bridgehead atoms. The number of amides is 1. The monoisotopic (exact) mass is 418 g/mol. The van der Waals surface area contributed by atoms with Crippen LogP contribution in [0.5, 0.6) is 0 Å². The first-order chi connectivity index (χ1) is 13.4. The summed E-state index contributed by atoms with van der Waals surface area (Å²) in [5, 5.41) is 3.59. The molecule has 1 aromatic heterocycles. The molecule has 0 aliphatic heterocycles. The zero-order valence-electron chi connectivity index (χ0n) is 15.6. The number of ether oxygens (including phenoxy) is 1. The van der Waals surface area contributed by atoms with E-state index in [0.717, 1.165) is 47.3 Å². The number of esters is 1. The van der Waals surface area contributed by atoms with Gasteiger partial charge in [0.05, 0.1) is 15.6 Å². The Morgan fingerprint density at radius 3 is 2.68 bits per heavy atom. The minimum absolute atomic E-state index is 0.0245. The molecule has 1 N–H and O–H groups in total. The van der Waals surface area contributed by atoms with Gasteiger partial charge >= 0.3 is 5.97 Å². The van der Waals surface area contributed by atoms with Gasteiger partial charge in [0.2, 0.25) is 5.91 Å². The van der Waals surface area contributed by atoms with Crippen molar-refractivity contribution in [1.82, 2.24) is 10.3 Å². The fourth-order valence-electron chi connectivity index (χ4n) is 5.93. The van der Waals surface area contributed by atoms with Gasteiger partial charge in [0.25, 0.3) is 0 Å². The Balaban J connectivity index is 1.16. The van der Waals surface area contributed by atoms with Crippen LogP contribution in [-0.4, -0.2) is 28.3 Å². The van der Waals surface area contributed by atoms with Crippen molar-refractivity contribution < 1.29 is 14.3 Å². The van der Waals surface area contributed by atoms with Crippen molar-refractivity contribution in [2.45, 2.75) is 50.0 Å². The van der Waals surface area contributed by atoms with E-state index in [0.29, 0.717) is 11.8 Å². The van der Waals surface area contributed by atoms with Gasteiger partial charge in [-0.1, -0.05) is 12.1 Å². The highest BCUT2D eigenvalue weighted by atomic mass is 35.5. The lowest BCUT2D eigenvalue weighted by Gasteiger charge is -2.59. The minimum Gasteiger partial charge on any atom is -0.457 e. The second kappa shape index (κ2) is 6.70. The molecule has 2 unspecified atom stereocenters. The number of carbonyl (C=O) groups is 2. The van der Waals surface area contributed by atoms with Crippen molar-refractivity contribution in [2.75, 3.05) is 6.54 Å². The van der Waals surface area contributed by atoms with Crippen molar-refractivity contribution in [3.63, 3.8) is 0 Å². The summed E-state index contributed by atoms with van der Waals surface area (Å²) < 4.78 is 6.38. The predicted octanol–water partition coefficient (Wildman–Crippen LogP) is 4.03. The summed E-state index contributed by atoms with van der Waals surface area (Å²) in [6, 6.07) is 7.82. The molecule has 4 atom stereocenters. The molecular weight excluding hydrogens is 396 g/mol. The molecule has 0 spiro atoms. The standard InChI is InChI=1S/C21H23ClN2O3S/c22-21-8-13-5-14(9-21)7-20(6-13,12-21)19(26)23-10-18(25)27-11-17-24-15-3-1-2-4-16(15)28-17/h1-4,13-14H,5-12H2,(H,23,26)/t13-,14+,20?,21?. The summed E-state index contributed by atoms with van der Waals surface area (Å²) in [6.45, 7) is 0.0320. The maximum absolute atomic E-state index is 12.9. The normalized spacial score (nSPS) is 33.2. The number of thiazole rings is 1. The average molecular weight is 419 g/mol. The third-order valence-corrected chi connectivity index (χ3v) is 8.01. The van der Waals surface area contributed by atoms with Crippen LogP contribution >= 0.6 is 22.9 Å². The summed E-state index contributed by atoms with van der Waals surface area (Å²) in [5.74, 6) is 0.646. The Labute approximate surface area is 172 Å². The van der Waals surface area contributed by atoms with Crippen molar-refractivity contribution in [2.24, 2.45) is 17.3 Å². The van der Waals surface area contributed by atoms with Crippen molar-refractivity contribution >= 4 is 45.0 Å². The summed E-state index contributed by atoms with van der Waals surface area (Å²) in [4.78, 5) is 29.3. The van der Waals surface area contributed by atoms with Gasteiger partial charge in [-0.25, -0.2) is 4.98 Å². The van der Waals surface area contributed by atoms with E-state index in [1.165, 1.54) is 17.8 Å². The maximum Gasteiger partial charge on any atom is 0.325 e. The molecule has 1 heterocycles. The molecular formula is C21H23ClN2O3S. The van der Waals surface area contributed by atoms with Crippen LogP contribution in [-0.2, 0) is 20.9 Å². The number of fused-ring (bicyclic) bond motifs is 1. The Morgan fingerprint density at radius 2 is 1.96 bits per heavy atom. The van der Waals surface area contributed by atoms with Gasteiger partial charge in [-0.05, 0) is 62.5 Å². The molecule has 2 aromatic rings. The van der Waals surface area contributed by atoms with Gasteiger partial charge in [-0.15, -0.1) is 22.9 Å². The van der Waals surface area contributed by atoms with E-state index in [-0.39, 0.29) is 29.3 Å². The molecule has 0 saturated heterocycles. The summed E-state index contributed by atoms with van der Waals surface area (Å²) in [7, 11) is 0. The lowest BCUT2D eigenvalue weighted by Crippen LogP contribution is -2.58. The van der Waals surface area contributed by atoms with E-state index in [9.17, 15) is 9.59 Å². The smallest absolute Gasteiger partial charge is 0.325 e. The molecule has 4 fully saturated rings. The van der Waals surface area contributed by atoms with Gasteiger partial charge in [0, 0.05) is 4.87 Å². The molecule has 1 aromatic carbocycles. The van der Waals surface area contributed by atoms with Gasteiger partial charge in [0.1, 0.15) is 18.2 Å². The van der Waals surface area contributed by atoms with Crippen LogP contribution in [0.15, 0.2) is 24.3 Å². The number of rotatable bonds is 5. The highest BCUT2D eigenvalue weighted by molar-refractivity contribution is 7.18. The highest BCUT2D eigenvalue weighted by Crippen LogP contribution is 2.63. The zero-order chi connectivity index (χ0) is 19.4. The van der Waals surface area contributed by atoms with Gasteiger partial charge < -0.3 is 10.1 Å². The van der Waals surface area contributed by atoms with E-state index >= 15 is 0 Å². The van der Waals surface area contributed by atoms with Crippen molar-refractivity contribution in [3.8, 4) is 0 Å². The van der Waals surface area contributed by atoms with E-state index in [1.807, 2.05) is 24.3 Å². The fourth-order valence-corrected chi connectivity index (χ4v) is 7.50. The second-order valence-corrected chi connectivity index (χ2v) is 10.7. The predicted molar refractivity (Wildman–Crippen MR) is 108 cm³/mol. The maximum atomic E-state index is 12.9. The number of alkyl halides is 1. The van der Waals surface area contributed by atoms with Gasteiger partial charge in [0.15, 0.2) is 0 Å². The lowest BCUT2D eigenvalue weighted by atomic mass is 9.49. The van der Waals surface area contributed by atoms with Gasteiger partial charge in [-0.3, -0.25) is 9.59 Å². The molecule has 1 amide bonds. The average Bonchev–Trinajstić information content (AvgIpc) is 3.05. The largest absolute Gasteiger partial charge is 0.457 e. The molecule has 6 rings (SSSR count). The third-order valence-electron chi connectivity index (χ3n) is 6.56. The number of nitrogens with one attached hydrogen (secondary N) is 1. The molecule has 5 nitrogen and oxygen atoms in total. The van der Waals surface area contributed by atoms with Crippen molar-refractivity contribution in [1.29, 1.82) is 0 Å². The number of nitrogens with zero attached hydrogens (tertiary/aromatic N) is 1. The molecule has 148 valence electrons. The highest BCUT2D eigenvalue weighted by Gasteiger charge is 2.60. The molecule has 28 heavy (non-hydrogen) atoms. The van der Waals surface area contributed by atoms with Crippen LogP contribution in [0.1, 0.15) is 43.5 Å². The summed E-state index contributed by atoms with van der Waals surface area (Å²) in [5.41, 5.74) is 0.516. The summed E-state index contributed by atoms with van der Waals surface area (Å²) in [6.07, 6.45) is 5.82. The van der Waals surface area contributed by atoms with Crippen LogP contribution in [0.2, 0.25) is 0 Å². The van der Waals surface area contributed by atoms with Crippen LogP contribution in [0.3, 0.4) is 0 Å². The van der Waals surface area contributed by atoms with Crippen LogP contribution < -0.4 is 5.32 Å². The number of hydrogen-bond donors (Lipinski definition) is 1. The molecule has 0 radical (unpaired) electrons. The first kappa shape index (κ1) is 18.4. The Kier molecular flexibility index (Phi) is 4.40. The van der Waals surface area contributed by atoms with Crippen LogP contribution in [0.4, 0.5) is 0 Å². The zero-order valence-corrected chi connectivity index (χ0v) is 17.2. The van der Waals surface area contributed by atoms with E-state index in [1.54, 1.807) is 0 Å². The molecule has 4 aliphatic rings. The number of para-hydroxylation sites is 1. The summed E-state index contributed by atoms with van der Waals surface area (Å²) >= 11 is 8.31. The topological polar surface area (TPSA) is 68.3 Å². The van der Waals surface area contributed by atoms with E-state index in [2.05, 4.69) is 10.3 Å². The number of carbonyl (C=O) groups excluding carboxylic acids is 2. The Morgan fingerprint density at radius 1 is 1.21 bits per heavy atom. The Hall–Kier alpha value is -1.66. The minimum atomic E-state index is -0.432. The molecule has 4 aliphatic carbocycles. The molecule has 7 heteroatoms. The first-order valence-electron chi connectivity index (χ1n) is 9.90. The number of halogens is 1. The Bertz CT molecular complexity index is 896. The number of aromatic nitrogens is 1. The van der Waals surface area contributed by atoms with Crippen LogP contribution in [0.25, 0.3) is 10.2 Å². The van der Waals surface area contributed by atoms with E-state index < -0.39 is 5.97 Å². The molecule has 4 saturated carbocycles. The van der Waals surface area contributed by atoms with Gasteiger partial charge in [-0.2, -0.15) is 0 Å². The number of benzene rings is 1. The van der Waals surface area contributed by atoms with Crippen LogP contribution in [0, 0.1) is 17.3 Å².